The third-order valence-electron chi connectivity index (χ3n) is 1.54. The maximum absolute atomic E-state index is 12.9. The van der Waals surface area contributed by atoms with E-state index in [4.69, 9.17) is 0 Å². The molecule has 0 fully saturated rings. The van der Waals surface area contributed by atoms with Crippen LogP contribution in [0.2, 0.25) is 0 Å². The predicted molar refractivity (Wildman–Crippen MR) is 46.6 cm³/mol. The van der Waals surface area contributed by atoms with Crippen molar-refractivity contribution in [3.8, 4) is 0 Å². The standard InChI is InChI=1S/C9H8FNO/c1-6(2)7-4-3-5-8(10)9(7)11-12/h3-5H,1H2,2H3. The van der Waals surface area contributed by atoms with Gasteiger partial charge in [0.15, 0.2) is 11.5 Å². The lowest BCUT2D eigenvalue weighted by atomic mass is 10.1. The number of hydrogen-bond donors (Lipinski definition) is 0. The number of nitroso groups, excluding NO2 is 1. The first kappa shape index (κ1) is 8.59. The van der Waals surface area contributed by atoms with Gasteiger partial charge < -0.3 is 0 Å². The normalized spacial score (nSPS) is 9.50. The summed E-state index contributed by atoms with van der Waals surface area (Å²) in [6, 6.07) is 4.33. The number of allylic oxidation sites excluding steroid dienone is 1. The number of nitrogens with zero attached hydrogens (tertiary/aromatic N) is 1. The summed E-state index contributed by atoms with van der Waals surface area (Å²) in [5.74, 6) is -0.606. The highest BCUT2D eigenvalue weighted by Gasteiger charge is 2.08. The third-order valence-corrected chi connectivity index (χ3v) is 1.54. The van der Waals surface area contributed by atoms with Crippen LogP contribution in [0.3, 0.4) is 0 Å². The molecule has 0 bridgehead atoms. The number of halogens is 1. The minimum Gasteiger partial charge on any atom is -0.204 e. The number of rotatable bonds is 2. The van der Waals surface area contributed by atoms with Gasteiger partial charge in [0.25, 0.3) is 0 Å². The summed E-state index contributed by atoms with van der Waals surface area (Å²) in [5.41, 5.74) is 0.930. The Hall–Kier alpha value is -1.51. The first-order valence-corrected chi connectivity index (χ1v) is 3.44. The molecule has 0 heterocycles. The molecule has 1 aromatic carbocycles. The Balaban J connectivity index is 3.37. The second-order valence-corrected chi connectivity index (χ2v) is 2.51. The molecular weight excluding hydrogens is 157 g/mol. The van der Waals surface area contributed by atoms with Crippen LogP contribution in [0.25, 0.3) is 5.57 Å². The lowest BCUT2D eigenvalue weighted by Gasteiger charge is -2.01. The highest BCUT2D eigenvalue weighted by atomic mass is 19.1. The van der Waals surface area contributed by atoms with Crippen molar-refractivity contribution in [2.24, 2.45) is 5.18 Å². The van der Waals surface area contributed by atoms with Crippen molar-refractivity contribution >= 4 is 11.3 Å². The minimum atomic E-state index is -0.606. The van der Waals surface area contributed by atoms with E-state index < -0.39 is 5.82 Å². The van der Waals surface area contributed by atoms with Crippen molar-refractivity contribution < 1.29 is 4.39 Å². The molecule has 0 aliphatic rings. The Labute approximate surface area is 69.7 Å². The third kappa shape index (κ3) is 1.39. The monoisotopic (exact) mass is 165 g/mol. The Morgan fingerprint density at radius 3 is 2.67 bits per heavy atom. The first-order chi connectivity index (χ1) is 5.66. The summed E-state index contributed by atoms with van der Waals surface area (Å²) in [6.07, 6.45) is 0. The molecular formula is C9H8FNO. The fourth-order valence-electron chi connectivity index (χ4n) is 0.953. The second-order valence-electron chi connectivity index (χ2n) is 2.51. The van der Waals surface area contributed by atoms with Gasteiger partial charge in [-0.25, -0.2) is 4.39 Å². The van der Waals surface area contributed by atoms with Crippen LogP contribution in [-0.4, -0.2) is 0 Å². The molecule has 0 atom stereocenters. The zero-order valence-corrected chi connectivity index (χ0v) is 6.67. The number of benzene rings is 1. The molecule has 3 heteroatoms. The van der Waals surface area contributed by atoms with Crippen LogP contribution < -0.4 is 0 Å². The van der Waals surface area contributed by atoms with Crippen LogP contribution in [0.4, 0.5) is 10.1 Å². The van der Waals surface area contributed by atoms with Crippen LogP contribution >= 0.6 is 0 Å². The van der Waals surface area contributed by atoms with Gasteiger partial charge in [0.1, 0.15) is 0 Å². The van der Waals surface area contributed by atoms with E-state index in [2.05, 4.69) is 11.8 Å². The zero-order valence-electron chi connectivity index (χ0n) is 6.67. The molecule has 1 rings (SSSR count). The molecule has 2 nitrogen and oxygen atoms in total. The molecule has 62 valence electrons. The van der Waals surface area contributed by atoms with E-state index >= 15 is 0 Å². The summed E-state index contributed by atoms with van der Waals surface area (Å²) < 4.78 is 12.9. The highest BCUT2D eigenvalue weighted by Crippen LogP contribution is 2.27. The van der Waals surface area contributed by atoms with E-state index in [-0.39, 0.29) is 5.69 Å². The largest absolute Gasteiger partial charge is 0.204 e. The Morgan fingerprint density at radius 1 is 1.58 bits per heavy atom. The minimum absolute atomic E-state index is 0.162. The van der Waals surface area contributed by atoms with Gasteiger partial charge in [0.05, 0.1) is 0 Å². The Kier molecular flexibility index (Phi) is 2.33. The molecule has 0 unspecified atom stereocenters. The van der Waals surface area contributed by atoms with Gasteiger partial charge in [-0.15, -0.1) is 4.91 Å². The molecule has 12 heavy (non-hydrogen) atoms. The Morgan fingerprint density at radius 2 is 2.25 bits per heavy atom. The van der Waals surface area contributed by atoms with Gasteiger partial charge in [-0.1, -0.05) is 18.7 Å². The number of hydrogen-bond acceptors (Lipinski definition) is 2. The van der Waals surface area contributed by atoms with Gasteiger partial charge in [-0.2, -0.15) is 0 Å². The van der Waals surface area contributed by atoms with Crippen LogP contribution in [0, 0.1) is 10.7 Å². The van der Waals surface area contributed by atoms with Gasteiger partial charge >= 0.3 is 0 Å². The average molecular weight is 165 g/mol. The molecule has 1 aromatic rings. The summed E-state index contributed by atoms with van der Waals surface area (Å²) in [4.78, 5) is 10.2. The SMILES string of the molecule is C=C(C)c1cccc(F)c1N=O. The Bertz CT molecular complexity index is 333. The summed E-state index contributed by atoms with van der Waals surface area (Å²) in [5, 5.41) is 2.61. The fourth-order valence-corrected chi connectivity index (χ4v) is 0.953. The molecule has 0 spiro atoms. The summed E-state index contributed by atoms with van der Waals surface area (Å²) in [7, 11) is 0. The molecule has 0 aliphatic heterocycles. The van der Waals surface area contributed by atoms with E-state index in [1.54, 1.807) is 13.0 Å². The van der Waals surface area contributed by atoms with Gasteiger partial charge in [0, 0.05) is 5.56 Å². The maximum atomic E-state index is 12.9. The van der Waals surface area contributed by atoms with Gasteiger partial charge in [0.2, 0.25) is 0 Å². The topological polar surface area (TPSA) is 29.4 Å². The summed E-state index contributed by atoms with van der Waals surface area (Å²) in [6.45, 7) is 5.31. The fraction of sp³-hybridized carbons (Fsp3) is 0.111. The molecule has 0 N–H and O–H groups in total. The van der Waals surface area contributed by atoms with E-state index in [1.165, 1.54) is 12.1 Å². The lowest BCUT2D eigenvalue weighted by molar-refractivity contribution is 0.629. The van der Waals surface area contributed by atoms with Crippen molar-refractivity contribution in [3.63, 3.8) is 0 Å². The van der Waals surface area contributed by atoms with E-state index in [9.17, 15) is 9.30 Å². The molecule has 0 saturated heterocycles. The van der Waals surface area contributed by atoms with Crippen molar-refractivity contribution in [2.45, 2.75) is 6.92 Å². The quantitative estimate of drug-likeness (QED) is 0.618. The molecule has 0 radical (unpaired) electrons. The average Bonchev–Trinajstić information content (AvgIpc) is 2.03. The van der Waals surface area contributed by atoms with Gasteiger partial charge in [-0.05, 0) is 23.7 Å². The summed E-state index contributed by atoms with van der Waals surface area (Å²) >= 11 is 0. The van der Waals surface area contributed by atoms with Gasteiger partial charge in [-0.3, -0.25) is 0 Å². The van der Waals surface area contributed by atoms with Crippen molar-refractivity contribution in [1.82, 2.24) is 0 Å². The smallest absolute Gasteiger partial charge is 0.153 e. The van der Waals surface area contributed by atoms with Crippen LogP contribution in [0.1, 0.15) is 12.5 Å². The first-order valence-electron chi connectivity index (χ1n) is 3.44. The highest BCUT2D eigenvalue weighted by molar-refractivity contribution is 5.72. The molecule has 0 amide bonds. The van der Waals surface area contributed by atoms with Crippen molar-refractivity contribution in [1.29, 1.82) is 0 Å². The second kappa shape index (κ2) is 3.26. The molecule has 0 aromatic heterocycles. The van der Waals surface area contributed by atoms with Crippen molar-refractivity contribution in [2.75, 3.05) is 0 Å². The predicted octanol–water partition coefficient (Wildman–Crippen LogP) is 3.26. The van der Waals surface area contributed by atoms with E-state index in [0.717, 1.165) is 0 Å². The van der Waals surface area contributed by atoms with Crippen LogP contribution in [0.15, 0.2) is 30.0 Å². The lowest BCUT2D eigenvalue weighted by Crippen LogP contribution is -1.82. The molecule has 0 saturated carbocycles. The van der Waals surface area contributed by atoms with Crippen LogP contribution in [0.5, 0.6) is 0 Å². The van der Waals surface area contributed by atoms with E-state index in [0.29, 0.717) is 11.1 Å². The van der Waals surface area contributed by atoms with E-state index in [1.807, 2.05) is 0 Å². The van der Waals surface area contributed by atoms with Crippen LogP contribution in [-0.2, 0) is 0 Å². The molecule has 0 aliphatic carbocycles. The van der Waals surface area contributed by atoms with Crippen molar-refractivity contribution in [3.05, 3.63) is 41.1 Å². The maximum Gasteiger partial charge on any atom is 0.153 e. The zero-order chi connectivity index (χ0) is 9.14.